The Morgan fingerprint density at radius 2 is 1.95 bits per heavy atom. The fraction of sp³-hybridized carbons (Fsp3) is 0.200. The highest BCUT2D eigenvalue weighted by atomic mass is 79.9. The van der Waals surface area contributed by atoms with Gasteiger partial charge >= 0.3 is 0 Å². The van der Waals surface area contributed by atoms with Gasteiger partial charge < -0.3 is 10.1 Å². The number of halogens is 3. The molecule has 0 saturated heterocycles. The molecule has 0 radical (unpaired) electrons. The molecule has 0 atom stereocenters. The number of ether oxygens (including phenoxy) is 1. The maximum atomic E-state index is 13.9. The van der Waals surface area contributed by atoms with E-state index in [-0.39, 0.29) is 5.82 Å². The van der Waals surface area contributed by atoms with Crippen molar-refractivity contribution < 1.29 is 9.13 Å². The second kappa shape index (κ2) is 7.20. The van der Waals surface area contributed by atoms with Crippen LogP contribution >= 0.6 is 31.9 Å². The summed E-state index contributed by atoms with van der Waals surface area (Å²) in [4.78, 5) is 0. The quantitative estimate of drug-likeness (QED) is 0.737. The van der Waals surface area contributed by atoms with Gasteiger partial charge in [0.2, 0.25) is 0 Å². The van der Waals surface area contributed by atoms with E-state index >= 15 is 0 Å². The zero-order valence-electron chi connectivity index (χ0n) is 10.9. The van der Waals surface area contributed by atoms with Crippen LogP contribution in [0.2, 0.25) is 0 Å². The number of nitrogens with one attached hydrogen (secondary N) is 1. The lowest BCUT2D eigenvalue weighted by atomic mass is 10.2. The molecular weight excluding hydrogens is 389 g/mol. The van der Waals surface area contributed by atoms with Crippen LogP contribution in [-0.2, 0) is 6.54 Å². The molecule has 0 bridgehead atoms. The summed E-state index contributed by atoms with van der Waals surface area (Å²) in [5.74, 6) is 0.905. The molecule has 0 heterocycles. The zero-order chi connectivity index (χ0) is 14.5. The second-order valence-electron chi connectivity index (χ2n) is 4.17. The predicted octanol–water partition coefficient (Wildman–Crippen LogP) is 5.25. The summed E-state index contributed by atoms with van der Waals surface area (Å²) in [6.07, 6.45) is 0. The summed E-state index contributed by atoms with van der Waals surface area (Å²) in [7, 11) is 0. The van der Waals surface area contributed by atoms with E-state index in [1.54, 1.807) is 12.1 Å². The lowest BCUT2D eigenvalue weighted by Gasteiger charge is -2.13. The van der Waals surface area contributed by atoms with Gasteiger partial charge in [-0.2, -0.15) is 0 Å². The van der Waals surface area contributed by atoms with E-state index < -0.39 is 0 Å². The van der Waals surface area contributed by atoms with Crippen LogP contribution < -0.4 is 10.1 Å². The third-order valence-electron chi connectivity index (χ3n) is 2.74. The molecule has 0 aromatic heterocycles. The molecule has 0 fully saturated rings. The van der Waals surface area contributed by atoms with Crippen LogP contribution in [0.1, 0.15) is 12.5 Å². The Kier molecular flexibility index (Phi) is 5.57. The first kappa shape index (κ1) is 15.5. The zero-order valence-corrected chi connectivity index (χ0v) is 14.1. The van der Waals surface area contributed by atoms with Gasteiger partial charge in [0.15, 0.2) is 0 Å². The van der Waals surface area contributed by atoms with Crippen molar-refractivity contribution >= 4 is 31.9 Å². The van der Waals surface area contributed by atoms with Crippen LogP contribution in [0.25, 0.3) is 0 Å². The SMILES string of the molecule is CCNCc1c(F)cccc1Oc1ccc(Br)cc1Br. The number of benzene rings is 2. The van der Waals surface area contributed by atoms with Crippen LogP contribution in [-0.4, -0.2) is 6.54 Å². The maximum Gasteiger partial charge on any atom is 0.141 e. The van der Waals surface area contributed by atoms with Crippen LogP contribution in [0.3, 0.4) is 0 Å². The largest absolute Gasteiger partial charge is 0.456 e. The van der Waals surface area contributed by atoms with Crippen LogP contribution in [0.4, 0.5) is 4.39 Å². The number of rotatable bonds is 5. The first-order valence-electron chi connectivity index (χ1n) is 6.23. The smallest absolute Gasteiger partial charge is 0.141 e. The molecule has 1 N–H and O–H groups in total. The summed E-state index contributed by atoms with van der Waals surface area (Å²) in [6.45, 7) is 3.19. The van der Waals surface area contributed by atoms with E-state index in [0.717, 1.165) is 15.5 Å². The summed E-state index contributed by atoms with van der Waals surface area (Å²) >= 11 is 6.82. The number of hydrogen-bond acceptors (Lipinski definition) is 2. The van der Waals surface area contributed by atoms with Crippen LogP contribution in [0.5, 0.6) is 11.5 Å². The predicted molar refractivity (Wildman–Crippen MR) is 85.7 cm³/mol. The van der Waals surface area contributed by atoms with Gasteiger partial charge in [-0.3, -0.25) is 0 Å². The molecule has 2 nitrogen and oxygen atoms in total. The molecular formula is C15H14Br2FNO. The minimum absolute atomic E-state index is 0.267. The minimum atomic E-state index is -0.267. The Morgan fingerprint density at radius 3 is 2.65 bits per heavy atom. The highest BCUT2D eigenvalue weighted by Gasteiger charge is 2.11. The van der Waals surface area contributed by atoms with Gasteiger partial charge in [-0.1, -0.05) is 28.9 Å². The molecule has 5 heteroatoms. The van der Waals surface area contributed by atoms with Crippen molar-refractivity contribution in [3.63, 3.8) is 0 Å². The standard InChI is InChI=1S/C15H14Br2FNO/c1-2-19-9-11-13(18)4-3-5-14(11)20-15-7-6-10(16)8-12(15)17/h3-8,19H,2,9H2,1H3. The van der Waals surface area contributed by atoms with Crippen LogP contribution in [0, 0.1) is 5.82 Å². The fourth-order valence-electron chi connectivity index (χ4n) is 1.73. The Balaban J connectivity index is 2.30. The Bertz CT molecular complexity index is 604. The topological polar surface area (TPSA) is 21.3 Å². The van der Waals surface area contributed by atoms with Gasteiger partial charge in [-0.15, -0.1) is 0 Å². The van der Waals surface area contributed by atoms with E-state index in [0.29, 0.717) is 23.6 Å². The van der Waals surface area contributed by atoms with Gasteiger partial charge in [-0.25, -0.2) is 4.39 Å². The molecule has 2 rings (SSSR count). The molecule has 0 aliphatic rings. The maximum absolute atomic E-state index is 13.9. The van der Waals surface area contributed by atoms with Gasteiger partial charge in [0.05, 0.1) is 4.47 Å². The van der Waals surface area contributed by atoms with E-state index in [9.17, 15) is 4.39 Å². The molecule has 0 unspecified atom stereocenters. The van der Waals surface area contributed by atoms with Crippen molar-refractivity contribution in [3.05, 3.63) is 56.7 Å². The Hall–Kier alpha value is -0.910. The van der Waals surface area contributed by atoms with Crippen molar-refractivity contribution in [2.45, 2.75) is 13.5 Å². The molecule has 2 aromatic carbocycles. The molecule has 2 aromatic rings. The lowest BCUT2D eigenvalue weighted by Crippen LogP contribution is -2.13. The van der Waals surface area contributed by atoms with Gasteiger partial charge in [0, 0.05) is 16.6 Å². The lowest BCUT2D eigenvalue weighted by molar-refractivity contribution is 0.460. The Morgan fingerprint density at radius 1 is 1.15 bits per heavy atom. The molecule has 0 spiro atoms. The van der Waals surface area contributed by atoms with Crippen molar-refractivity contribution in [3.8, 4) is 11.5 Å². The fourth-order valence-corrected chi connectivity index (χ4v) is 2.86. The second-order valence-corrected chi connectivity index (χ2v) is 5.94. The van der Waals surface area contributed by atoms with Crippen molar-refractivity contribution in [1.82, 2.24) is 5.32 Å². The summed E-state index contributed by atoms with van der Waals surface area (Å²) < 4.78 is 21.5. The minimum Gasteiger partial charge on any atom is -0.456 e. The first-order valence-corrected chi connectivity index (χ1v) is 7.81. The molecule has 0 amide bonds. The normalized spacial score (nSPS) is 10.6. The highest BCUT2D eigenvalue weighted by Crippen LogP contribution is 2.34. The molecule has 0 aliphatic heterocycles. The van der Waals surface area contributed by atoms with E-state index in [4.69, 9.17) is 4.74 Å². The van der Waals surface area contributed by atoms with Gasteiger partial charge in [-0.05, 0) is 52.8 Å². The van der Waals surface area contributed by atoms with E-state index in [1.807, 2.05) is 25.1 Å². The molecule has 0 aliphatic carbocycles. The van der Waals surface area contributed by atoms with Crippen molar-refractivity contribution in [2.24, 2.45) is 0 Å². The third kappa shape index (κ3) is 3.81. The van der Waals surface area contributed by atoms with E-state index in [1.165, 1.54) is 6.07 Å². The number of hydrogen-bond donors (Lipinski definition) is 1. The monoisotopic (exact) mass is 401 g/mol. The third-order valence-corrected chi connectivity index (χ3v) is 3.85. The Labute approximate surface area is 134 Å². The van der Waals surface area contributed by atoms with Crippen molar-refractivity contribution in [1.29, 1.82) is 0 Å². The van der Waals surface area contributed by atoms with Crippen molar-refractivity contribution in [2.75, 3.05) is 6.54 Å². The molecule has 106 valence electrons. The van der Waals surface area contributed by atoms with Crippen LogP contribution in [0.15, 0.2) is 45.3 Å². The van der Waals surface area contributed by atoms with Gasteiger partial charge in [0.25, 0.3) is 0 Å². The van der Waals surface area contributed by atoms with Gasteiger partial charge in [0.1, 0.15) is 17.3 Å². The first-order chi connectivity index (χ1) is 9.61. The molecule has 0 saturated carbocycles. The highest BCUT2D eigenvalue weighted by molar-refractivity contribution is 9.11. The molecule has 20 heavy (non-hydrogen) atoms. The summed E-state index contributed by atoms with van der Waals surface area (Å²) in [6, 6.07) is 10.4. The van der Waals surface area contributed by atoms with E-state index in [2.05, 4.69) is 37.2 Å². The summed E-state index contributed by atoms with van der Waals surface area (Å²) in [5.41, 5.74) is 0.532. The summed E-state index contributed by atoms with van der Waals surface area (Å²) in [5, 5.41) is 3.12. The average molecular weight is 403 g/mol. The average Bonchev–Trinajstić information content (AvgIpc) is 2.41.